The summed E-state index contributed by atoms with van der Waals surface area (Å²) in [5.74, 6) is -5.77. The summed E-state index contributed by atoms with van der Waals surface area (Å²) in [6.07, 6.45) is -0.480. The number of nitrogens with two attached hydrogens (primary N) is 1. The zero-order valence-electron chi connectivity index (χ0n) is 17.5. The Kier molecular flexibility index (Phi) is 11.6. The molecule has 0 spiro atoms. The molecular weight excluding hydrogens is 400 g/mol. The van der Waals surface area contributed by atoms with Crippen LogP contribution in [0.2, 0.25) is 0 Å². The van der Waals surface area contributed by atoms with E-state index in [0.29, 0.717) is 6.42 Å². The molecule has 12 heteroatoms. The van der Waals surface area contributed by atoms with Crippen molar-refractivity contribution in [3.63, 3.8) is 0 Å². The minimum Gasteiger partial charge on any atom is -0.481 e. The zero-order valence-corrected chi connectivity index (χ0v) is 17.5. The number of aliphatic carboxylic acids is 2. The molecule has 0 saturated heterocycles. The molecule has 0 aromatic carbocycles. The normalized spacial score (nSPS) is 15.1. The molecule has 4 unspecified atom stereocenters. The maximum absolute atomic E-state index is 12.5. The van der Waals surface area contributed by atoms with Crippen LogP contribution < -0.4 is 21.7 Å². The summed E-state index contributed by atoms with van der Waals surface area (Å²) in [7, 11) is 0. The Morgan fingerprint density at radius 1 is 0.833 bits per heavy atom. The maximum atomic E-state index is 12.5. The van der Waals surface area contributed by atoms with Crippen molar-refractivity contribution in [2.24, 2.45) is 17.6 Å². The summed E-state index contributed by atoms with van der Waals surface area (Å²) < 4.78 is 0. The topological polar surface area (TPSA) is 208 Å². The fourth-order valence-corrected chi connectivity index (χ4v) is 2.51. The Hall–Kier alpha value is -2.73. The first-order chi connectivity index (χ1) is 13.8. The van der Waals surface area contributed by atoms with Gasteiger partial charge in [0.05, 0.1) is 19.1 Å². The van der Waals surface area contributed by atoms with Crippen molar-refractivity contribution < 1.29 is 39.3 Å². The van der Waals surface area contributed by atoms with Gasteiger partial charge in [-0.2, -0.15) is 0 Å². The van der Waals surface area contributed by atoms with E-state index < -0.39 is 72.8 Å². The van der Waals surface area contributed by atoms with E-state index in [1.165, 1.54) is 0 Å². The molecule has 0 radical (unpaired) electrons. The molecule has 0 aromatic heterocycles. The number of aliphatic hydroxyl groups is 1. The highest BCUT2D eigenvalue weighted by Crippen LogP contribution is 2.06. The fraction of sp³-hybridized carbons (Fsp3) is 0.722. The second-order valence-corrected chi connectivity index (χ2v) is 7.71. The van der Waals surface area contributed by atoms with Gasteiger partial charge in [0.15, 0.2) is 0 Å². The molecule has 0 aliphatic carbocycles. The largest absolute Gasteiger partial charge is 0.481 e. The van der Waals surface area contributed by atoms with Crippen LogP contribution in [0.3, 0.4) is 0 Å². The van der Waals surface area contributed by atoms with Crippen LogP contribution in [-0.4, -0.2) is 75.8 Å². The Bertz CT molecular complexity index is 638. The molecule has 4 atom stereocenters. The van der Waals surface area contributed by atoms with Crippen LogP contribution in [0, 0.1) is 11.8 Å². The standard InChI is InChI=1S/C18H32N4O8/c1-8(2)5-10(19)15(26)21-12(7-23)16(27)22-14(9(3)4)17(28)20-11(18(29)30)6-13(24)25/h8-12,14,23H,5-7,19H2,1-4H3,(H,20,28)(H,21,26)(H,22,27)(H,24,25)(H,29,30). The van der Waals surface area contributed by atoms with Gasteiger partial charge in [-0.25, -0.2) is 4.79 Å². The van der Waals surface area contributed by atoms with Gasteiger partial charge in [-0.3, -0.25) is 19.2 Å². The van der Waals surface area contributed by atoms with Gasteiger partial charge >= 0.3 is 11.9 Å². The quantitative estimate of drug-likeness (QED) is 0.172. The first-order valence-corrected chi connectivity index (χ1v) is 9.52. The first-order valence-electron chi connectivity index (χ1n) is 9.52. The van der Waals surface area contributed by atoms with Crippen LogP contribution in [0.1, 0.15) is 40.5 Å². The summed E-state index contributed by atoms with van der Waals surface area (Å²) in [5.41, 5.74) is 5.75. The number of amides is 3. The molecule has 0 aliphatic heterocycles. The van der Waals surface area contributed by atoms with Gasteiger partial charge in [0.25, 0.3) is 0 Å². The number of nitrogens with one attached hydrogen (secondary N) is 3. The molecule has 0 bridgehead atoms. The van der Waals surface area contributed by atoms with E-state index in [4.69, 9.17) is 15.9 Å². The van der Waals surface area contributed by atoms with Gasteiger partial charge in [0.1, 0.15) is 18.1 Å². The Balaban J connectivity index is 5.19. The molecule has 0 aromatic rings. The number of hydrogen-bond acceptors (Lipinski definition) is 7. The van der Waals surface area contributed by atoms with E-state index >= 15 is 0 Å². The highest BCUT2D eigenvalue weighted by atomic mass is 16.4. The summed E-state index contributed by atoms with van der Waals surface area (Å²) in [4.78, 5) is 58.9. The van der Waals surface area contributed by atoms with Crippen molar-refractivity contribution >= 4 is 29.7 Å². The minimum atomic E-state index is -1.68. The smallest absolute Gasteiger partial charge is 0.326 e. The van der Waals surface area contributed by atoms with Crippen molar-refractivity contribution in [2.45, 2.75) is 64.7 Å². The van der Waals surface area contributed by atoms with Crippen LogP contribution in [0.15, 0.2) is 0 Å². The average Bonchev–Trinajstić information content (AvgIpc) is 2.61. The van der Waals surface area contributed by atoms with E-state index in [1.54, 1.807) is 13.8 Å². The van der Waals surface area contributed by atoms with Gasteiger partial charge < -0.3 is 37.0 Å². The molecule has 0 aliphatic rings. The third kappa shape index (κ3) is 9.65. The lowest BCUT2D eigenvalue weighted by atomic mass is 10.0. The van der Waals surface area contributed by atoms with Crippen molar-refractivity contribution in [3.05, 3.63) is 0 Å². The lowest BCUT2D eigenvalue weighted by molar-refractivity contribution is -0.147. The zero-order chi connectivity index (χ0) is 23.6. The van der Waals surface area contributed by atoms with Gasteiger partial charge in [-0.1, -0.05) is 27.7 Å². The number of rotatable bonds is 13. The lowest BCUT2D eigenvalue weighted by Gasteiger charge is -2.26. The molecule has 30 heavy (non-hydrogen) atoms. The number of aliphatic hydroxyl groups excluding tert-OH is 1. The number of carboxylic acid groups (broad SMARTS) is 2. The maximum Gasteiger partial charge on any atom is 0.326 e. The average molecular weight is 432 g/mol. The SMILES string of the molecule is CC(C)CC(N)C(=O)NC(CO)C(=O)NC(C(=O)NC(CC(=O)O)C(=O)O)C(C)C. The predicted octanol–water partition coefficient (Wildman–Crippen LogP) is -1.98. The number of carbonyl (C=O) groups is 5. The van der Waals surface area contributed by atoms with Crippen LogP contribution in [0.25, 0.3) is 0 Å². The Labute approximate surface area is 174 Å². The molecule has 0 heterocycles. The highest BCUT2D eigenvalue weighted by molar-refractivity contribution is 5.94. The van der Waals surface area contributed by atoms with Crippen molar-refractivity contribution in [3.8, 4) is 0 Å². The van der Waals surface area contributed by atoms with Crippen LogP contribution >= 0.6 is 0 Å². The summed E-state index contributed by atoms with van der Waals surface area (Å²) >= 11 is 0. The van der Waals surface area contributed by atoms with Crippen LogP contribution in [-0.2, 0) is 24.0 Å². The third-order valence-electron chi connectivity index (χ3n) is 4.12. The van der Waals surface area contributed by atoms with Gasteiger partial charge in [0, 0.05) is 0 Å². The number of carbonyl (C=O) groups excluding carboxylic acids is 3. The molecule has 0 rings (SSSR count). The van der Waals surface area contributed by atoms with Crippen molar-refractivity contribution in [2.75, 3.05) is 6.61 Å². The molecule has 8 N–H and O–H groups in total. The lowest BCUT2D eigenvalue weighted by Crippen LogP contribution is -2.59. The number of carboxylic acids is 2. The van der Waals surface area contributed by atoms with Gasteiger partial charge in [-0.15, -0.1) is 0 Å². The van der Waals surface area contributed by atoms with E-state index in [1.807, 2.05) is 13.8 Å². The Morgan fingerprint density at radius 2 is 1.37 bits per heavy atom. The molecular formula is C18H32N4O8. The van der Waals surface area contributed by atoms with Gasteiger partial charge in [0.2, 0.25) is 17.7 Å². The van der Waals surface area contributed by atoms with Crippen LogP contribution in [0.5, 0.6) is 0 Å². The second-order valence-electron chi connectivity index (χ2n) is 7.71. The summed E-state index contributed by atoms with van der Waals surface area (Å²) in [6.45, 7) is 6.12. The summed E-state index contributed by atoms with van der Waals surface area (Å²) in [5, 5.41) is 34.0. The Morgan fingerprint density at radius 3 is 1.77 bits per heavy atom. The van der Waals surface area contributed by atoms with Gasteiger partial charge in [-0.05, 0) is 18.3 Å². The predicted molar refractivity (Wildman–Crippen MR) is 105 cm³/mol. The van der Waals surface area contributed by atoms with E-state index in [2.05, 4.69) is 16.0 Å². The monoisotopic (exact) mass is 432 g/mol. The van der Waals surface area contributed by atoms with E-state index in [-0.39, 0.29) is 5.92 Å². The van der Waals surface area contributed by atoms with Crippen LogP contribution in [0.4, 0.5) is 0 Å². The van der Waals surface area contributed by atoms with Crippen molar-refractivity contribution in [1.29, 1.82) is 0 Å². The molecule has 12 nitrogen and oxygen atoms in total. The fourth-order valence-electron chi connectivity index (χ4n) is 2.51. The molecule has 3 amide bonds. The molecule has 0 saturated carbocycles. The van der Waals surface area contributed by atoms with E-state index in [0.717, 1.165) is 0 Å². The minimum absolute atomic E-state index is 0.133. The second kappa shape index (κ2) is 12.8. The highest BCUT2D eigenvalue weighted by Gasteiger charge is 2.32. The molecule has 172 valence electrons. The molecule has 0 fully saturated rings. The van der Waals surface area contributed by atoms with Crippen molar-refractivity contribution in [1.82, 2.24) is 16.0 Å². The third-order valence-corrected chi connectivity index (χ3v) is 4.12. The summed E-state index contributed by atoms with van der Waals surface area (Å²) in [6, 6.07) is -5.18. The first kappa shape index (κ1) is 27.3. The number of hydrogen-bond donors (Lipinski definition) is 7. The van der Waals surface area contributed by atoms with E-state index in [9.17, 15) is 29.1 Å².